The van der Waals surface area contributed by atoms with Gasteiger partial charge in [-0.05, 0) is 31.0 Å². The molecule has 1 saturated heterocycles. The number of benzene rings is 2. The SMILES string of the molecule is COc1ccccc1Cc1cnc([C@@H]2CCCN(C(=O)c3cc4ccccc4[nH]3)C2)o1. The van der Waals surface area contributed by atoms with Gasteiger partial charge < -0.3 is 19.0 Å². The molecule has 0 radical (unpaired) electrons. The summed E-state index contributed by atoms with van der Waals surface area (Å²) in [5.74, 6) is 2.49. The van der Waals surface area contributed by atoms with Gasteiger partial charge in [0.25, 0.3) is 5.91 Å². The van der Waals surface area contributed by atoms with E-state index in [4.69, 9.17) is 9.15 Å². The Labute approximate surface area is 180 Å². The van der Waals surface area contributed by atoms with Crippen LogP contribution >= 0.6 is 0 Å². The molecule has 5 rings (SSSR count). The number of carbonyl (C=O) groups is 1. The lowest BCUT2D eigenvalue weighted by Crippen LogP contribution is -2.39. The number of ether oxygens (including phenoxy) is 1. The molecule has 2 aromatic heterocycles. The fourth-order valence-electron chi connectivity index (χ4n) is 4.35. The van der Waals surface area contributed by atoms with E-state index in [2.05, 4.69) is 9.97 Å². The third-order valence-corrected chi connectivity index (χ3v) is 5.95. The van der Waals surface area contributed by atoms with Crippen LogP contribution in [-0.2, 0) is 6.42 Å². The van der Waals surface area contributed by atoms with Crippen LogP contribution in [0.25, 0.3) is 10.9 Å². The number of fused-ring (bicyclic) bond motifs is 1. The second kappa shape index (κ2) is 8.30. The molecule has 1 fully saturated rings. The molecule has 0 unspecified atom stereocenters. The Bertz CT molecular complexity index is 1180. The van der Waals surface area contributed by atoms with Crippen LogP contribution in [0.3, 0.4) is 0 Å². The number of hydrogen-bond donors (Lipinski definition) is 1. The summed E-state index contributed by atoms with van der Waals surface area (Å²) in [6, 6.07) is 17.8. The van der Waals surface area contributed by atoms with E-state index in [1.807, 2.05) is 59.5 Å². The standard InChI is InChI=1S/C25H25N3O3/c1-30-23-11-5-3-8-18(23)13-20-15-26-24(31-20)19-9-6-12-28(16-19)25(29)22-14-17-7-2-4-10-21(17)27-22/h2-5,7-8,10-11,14-15,19,27H,6,9,12-13,16H2,1H3/t19-/m1/s1. The number of rotatable bonds is 5. The molecule has 31 heavy (non-hydrogen) atoms. The van der Waals surface area contributed by atoms with Crippen molar-refractivity contribution >= 4 is 16.8 Å². The normalized spacial score (nSPS) is 16.5. The summed E-state index contributed by atoms with van der Waals surface area (Å²) in [6.07, 6.45) is 4.31. The molecule has 6 nitrogen and oxygen atoms in total. The van der Waals surface area contributed by atoms with E-state index in [1.165, 1.54) is 0 Å². The van der Waals surface area contributed by atoms with Gasteiger partial charge in [-0.3, -0.25) is 4.79 Å². The second-order valence-electron chi connectivity index (χ2n) is 8.01. The van der Waals surface area contributed by atoms with E-state index in [0.29, 0.717) is 24.6 Å². The van der Waals surface area contributed by atoms with Crippen molar-refractivity contribution in [1.29, 1.82) is 0 Å². The number of oxazole rings is 1. The quantitative estimate of drug-likeness (QED) is 0.509. The molecular formula is C25H25N3O3. The Hall–Kier alpha value is -3.54. The molecule has 0 bridgehead atoms. The minimum atomic E-state index is 0.0294. The summed E-state index contributed by atoms with van der Waals surface area (Å²) in [5.41, 5.74) is 2.67. The third kappa shape index (κ3) is 3.93. The van der Waals surface area contributed by atoms with Crippen molar-refractivity contribution in [2.75, 3.05) is 20.2 Å². The number of piperidine rings is 1. The number of carbonyl (C=O) groups excluding carboxylic acids is 1. The lowest BCUT2D eigenvalue weighted by molar-refractivity contribution is 0.0693. The van der Waals surface area contributed by atoms with Crippen molar-refractivity contribution in [3.8, 4) is 5.75 Å². The number of amides is 1. The van der Waals surface area contributed by atoms with E-state index in [9.17, 15) is 4.79 Å². The van der Waals surface area contributed by atoms with Crippen molar-refractivity contribution in [1.82, 2.24) is 14.9 Å². The Morgan fingerprint density at radius 2 is 2.06 bits per heavy atom. The summed E-state index contributed by atoms with van der Waals surface area (Å²) in [6.45, 7) is 1.36. The lowest BCUT2D eigenvalue weighted by atomic mass is 9.97. The molecule has 2 aromatic carbocycles. The number of likely N-dealkylation sites (tertiary alicyclic amines) is 1. The number of H-pyrrole nitrogens is 1. The maximum atomic E-state index is 13.1. The molecule has 1 aliphatic heterocycles. The summed E-state index contributed by atoms with van der Waals surface area (Å²) < 4.78 is 11.5. The predicted octanol–water partition coefficient (Wildman–Crippen LogP) is 4.78. The van der Waals surface area contributed by atoms with Crippen molar-refractivity contribution < 1.29 is 13.9 Å². The lowest BCUT2D eigenvalue weighted by Gasteiger charge is -2.31. The van der Waals surface area contributed by atoms with E-state index >= 15 is 0 Å². The topological polar surface area (TPSA) is 71.4 Å². The zero-order valence-corrected chi connectivity index (χ0v) is 17.5. The minimum Gasteiger partial charge on any atom is -0.496 e. The summed E-state index contributed by atoms with van der Waals surface area (Å²) in [4.78, 5) is 22.8. The Kier molecular flexibility index (Phi) is 5.20. The van der Waals surface area contributed by atoms with Crippen LogP contribution in [0.4, 0.5) is 0 Å². The van der Waals surface area contributed by atoms with Crippen LogP contribution in [0.2, 0.25) is 0 Å². The molecule has 0 saturated carbocycles. The Morgan fingerprint density at radius 3 is 2.94 bits per heavy atom. The van der Waals surface area contributed by atoms with Crippen molar-refractivity contribution in [3.05, 3.63) is 83.7 Å². The number of aromatic nitrogens is 2. The van der Waals surface area contributed by atoms with Crippen molar-refractivity contribution in [2.45, 2.75) is 25.2 Å². The van der Waals surface area contributed by atoms with Crippen LogP contribution in [-0.4, -0.2) is 41.0 Å². The van der Waals surface area contributed by atoms with Gasteiger partial charge in [0.2, 0.25) is 0 Å². The third-order valence-electron chi connectivity index (χ3n) is 5.95. The highest BCUT2D eigenvalue weighted by Gasteiger charge is 2.29. The predicted molar refractivity (Wildman–Crippen MR) is 118 cm³/mol. The highest BCUT2D eigenvalue weighted by Crippen LogP contribution is 2.29. The van der Waals surface area contributed by atoms with Crippen molar-refractivity contribution in [3.63, 3.8) is 0 Å². The van der Waals surface area contributed by atoms with Gasteiger partial charge >= 0.3 is 0 Å². The number of para-hydroxylation sites is 2. The number of hydrogen-bond acceptors (Lipinski definition) is 4. The highest BCUT2D eigenvalue weighted by molar-refractivity contribution is 5.98. The van der Waals surface area contributed by atoms with Crippen LogP contribution < -0.4 is 4.74 Å². The van der Waals surface area contributed by atoms with Gasteiger partial charge in [0.15, 0.2) is 5.89 Å². The summed E-state index contributed by atoms with van der Waals surface area (Å²) in [7, 11) is 1.67. The average molecular weight is 415 g/mol. The number of nitrogens with one attached hydrogen (secondary N) is 1. The van der Waals surface area contributed by atoms with Crippen molar-refractivity contribution in [2.24, 2.45) is 0 Å². The second-order valence-corrected chi connectivity index (χ2v) is 8.01. The van der Waals surface area contributed by atoms with E-state index in [0.717, 1.165) is 47.4 Å². The molecule has 1 aliphatic rings. The fraction of sp³-hybridized carbons (Fsp3) is 0.280. The van der Waals surface area contributed by atoms with Crippen LogP contribution in [0, 0.1) is 0 Å². The molecule has 0 aliphatic carbocycles. The largest absolute Gasteiger partial charge is 0.496 e. The molecule has 0 spiro atoms. The van der Waals surface area contributed by atoms with Gasteiger partial charge in [-0.15, -0.1) is 0 Å². The van der Waals surface area contributed by atoms with Gasteiger partial charge in [0, 0.05) is 36.0 Å². The van der Waals surface area contributed by atoms with Gasteiger partial charge in [0.1, 0.15) is 17.2 Å². The zero-order valence-electron chi connectivity index (χ0n) is 17.5. The number of aromatic amines is 1. The van der Waals surface area contributed by atoms with Crippen LogP contribution in [0.1, 0.15) is 46.5 Å². The first-order valence-corrected chi connectivity index (χ1v) is 10.6. The van der Waals surface area contributed by atoms with Gasteiger partial charge in [-0.25, -0.2) is 4.98 Å². The first-order chi connectivity index (χ1) is 15.2. The maximum Gasteiger partial charge on any atom is 0.270 e. The zero-order chi connectivity index (χ0) is 21.2. The summed E-state index contributed by atoms with van der Waals surface area (Å²) >= 11 is 0. The van der Waals surface area contributed by atoms with E-state index in [-0.39, 0.29) is 11.8 Å². The Morgan fingerprint density at radius 1 is 1.23 bits per heavy atom. The fourth-order valence-corrected chi connectivity index (χ4v) is 4.35. The molecule has 1 atom stereocenters. The monoisotopic (exact) mass is 415 g/mol. The maximum absolute atomic E-state index is 13.1. The molecule has 1 N–H and O–H groups in total. The molecule has 4 aromatic rings. The molecule has 3 heterocycles. The smallest absolute Gasteiger partial charge is 0.270 e. The van der Waals surface area contributed by atoms with Gasteiger partial charge in [-0.2, -0.15) is 0 Å². The molecular weight excluding hydrogens is 390 g/mol. The van der Waals surface area contributed by atoms with Gasteiger partial charge in [0.05, 0.1) is 19.2 Å². The first-order valence-electron chi connectivity index (χ1n) is 10.6. The van der Waals surface area contributed by atoms with Crippen LogP contribution in [0.5, 0.6) is 5.75 Å². The van der Waals surface area contributed by atoms with E-state index < -0.39 is 0 Å². The number of methoxy groups -OCH3 is 1. The molecule has 158 valence electrons. The van der Waals surface area contributed by atoms with E-state index in [1.54, 1.807) is 13.3 Å². The van der Waals surface area contributed by atoms with Crippen LogP contribution in [0.15, 0.2) is 65.2 Å². The highest BCUT2D eigenvalue weighted by atomic mass is 16.5. The first kappa shape index (κ1) is 19.4. The minimum absolute atomic E-state index is 0.0294. The average Bonchev–Trinajstić information content (AvgIpc) is 3.46. The number of nitrogens with zero attached hydrogens (tertiary/aromatic N) is 2. The molecule has 6 heteroatoms. The molecule has 1 amide bonds. The Balaban J connectivity index is 1.30. The van der Waals surface area contributed by atoms with Gasteiger partial charge in [-0.1, -0.05) is 36.4 Å². The summed E-state index contributed by atoms with van der Waals surface area (Å²) in [5, 5.41) is 1.05.